The van der Waals surface area contributed by atoms with Gasteiger partial charge in [-0.2, -0.15) is 11.3 Å². The summed E-state index contributed by atoms with van der Waals surface area (Å²) in [7, 11) is 0. The molecule has 0 fully saturated rings. The zero-order chi connectivity index (χ0) is 12.8. The van der Waals surface area contributed by atoms with Crippen LogP contribution < -0.4 is 10.1 Å². The van der Waals surface area contributed by atoms with Crippen LogP contribution in [0.25, 0.3) is 0 Å². The van der Waals surface area contributed by atoms with Crippen LogP contribution in [0.3, 0.4) is 0 Å². The van der Waals surface area contributed by atoms with Gasteiger partial charge in [-0.15, -0.1) is 0 Å². The molecule has 1 aromatic heterocycles. The third kappa shape index (κ3) is 4.22. The first-order valence-electron chi connectivity index (χ1n) is 5.56. The fraction of sp³-hybridized carbons (Fsp3) is 0.231. The number of hydrogen-bond donors (Lipinski definition) is 2. The zero-order valence-electron chi connectivity index (χ0n) is 9.67. The number of benzene rings is 1. The summed E-state index contributed by atoms with van der Waals surface area (Å²) in [5.41, 5.74) is 1.02. The van der Waals surface area contributed by atoms with Gasteiger partial charge in [0, 0.05) is 22.6 Å². The standard InChI is InChI=1S/C13H14ClNO2S/c14-10-2-1-3-13(6-10)17-8-12(16)7-15-11-4-5-18-9-11/h1-6,9,12,15-16H,7-8H2. The highest BCUT2D eigenvalue weighted by molar-refractivity contribution is 7.08. The van der Waals surface area contributed by atoms with E-state index in [1.807, 2.05) is 29.0 Å². The highest BCUT2D eigenvalue weighted by Crippen LogP contribution is 2.17. The van der Waals surface area contributed by atoms with E-state index in [1.165, 1.54) is 0 Å². The summed E-state index contributed by atoms with van der Waals surface area (Å²) in [5.74, 6) is 0.664. The van der Waals surface area contributed by atoms with Gasteiger partial charge in [0.15, 0.2) is 0 Å². The summed E-state index contributed by atoms with van der Waals surface area (Å²) in [6.45, 7) is 0.689. The molecule has 96 valence electrons. The maximum Gasteiger partial charge on any atom is 0.120 e. The average Bonchev–Trinajstić information content (AvgIpc) is 2.87. The number of anilines is 1. The van der Waals surface area contributed by atoms with Crippen molar-refractivity contribution < 1.29 is 9.84 Å². The van der Waals surface area contributed by atoms with E-state index in [2.05, 4.69) is 5.32 Å². The first-order chi connectivity index (χ1) is 8.74. The molecule has 2 aromatic rings. The predicted octanol–water partition coefficient (Wildman–Crippen LogP) is 3.25. The van der Waals surface area contributed by atoms with Gasteiger partial charge >= 0.3 is 0 Å². The second-order valence-corrected chi connectivity index (χ2v) is 5.03. The largest absolute Gasteiger partial charge is 0.491 e. The first-order valence-corrected chi connectivity index (χ1v) is 6.88. The van der Waals surface area contributed by atoms with E-state index in [1.54, 1.807) is 23.5 Å². The number of hydrogen-bond acceptors (Lipinski definition) is 4. The van der Waals surface area contributed by atoms with E-state index in [-0.39, 0.29) is 6.61 Å². The second-order valence-electron chi connectivity index (χ2n) is 3.82. The molecule has 0 amide bonds. The Morgan fingerprint density at radius 3 is 3.00 bits per heavy atom. The van der Waals surface area contributed by atoms with Crippen molar-refractivity contribution in [2.45, 2.75) is 6.10 Å². The van der Waals surface area contributed by atoms with Crippen LogP contribution in [0.15, 0.2) is 41.1 Å². The summed E-state index contributed by atoms with van der Waals surface area (Å²) in [6.07, 6.45) is -0.566. The van der Waals surface area contributed by atoms with E-state index >= 15 is 0 Å². The smallest absolute Gasteiger partial charge is 0.120 e. The van der Waals surface area contributed by atoms with Gasteiger partial charge in [0.05, 0.1) is 0 Å². The lowest BCUT2D eigenvalue weighted by molar-refractivity contribution is 0.117. The Labute approximate surface area is 115 Å². The van der Waals surface area contributed by atoms with Crippen LogP contribution in [0.2, 0.25) is 5.02 Å². The molecule has 0 radical (unpaired) electrons. The summed E-state index contributed by atoms with van der Waals surface area (Å²) >= 11 is 7.45. The van der Waals surface area contributed by atoms with Gasteiger partial charge in [-0.05, 0) is 29.6 Å². The molecular formula is C13H14ClNO2S. The molecule has 3 nitrogen and oxygen atoms in total. The van der Waals surface area contributed by atoms with Crippen LogP contribution in [0.5, 0.6) is 5.75 Å². The average molecular weight is 284 g/mol. The number of aliphatic hydroxyl groups excluding tert-OH is 1. The van der Waals surface area contributed by atoms with Crippen LogP contribution in [-0.2, 0) is 0 Å². The fourth-order valence-corrected chi connectivity index (χ4v) is 2.20. The highest BCUT2D eigenvalue weighted by atomic mass is 35.5. The van der Waals surface area contributed by atoms with Crippen molar-refractivity contribution in [3.05, 3.63) is 46.1 Å². The Bertz CT molecular complexity index is 476. The summed E-state index contributed by atoms with van der Waals surface area (Å²) in [6, 6.07) is 9.09. The van der Waals surface area contributed by atoms with Crippen molar-refractivity contribution in [1.29, 1.82) is 0 Å². The van der Waals surface area contributed by atoms with Crippen molar-refractivity contribution in [2.75, 3.05) is 18.5 Å². The quantitative estimate of drug-likeness (QED) is 0.855. The molecule has 2 rings (SSSR count). The number of ether oxygens (including phenoxy) is 1. The maximum atomic E-state index is 9.76. The van der Waals surface area contributed by atoms with E-state index in [0.717, 1.165) is 5.69 Å². The van der Waals surface area contributed by atoms with Crippen molar-refractivity contribution in [3.8, 4) is 5.75 Å². The highest BCUT2D eigenvalue weighted by Gasteiger charge is 2.05. The summed E-state index contributed by atoms with van der Waals surface area (Å²) in [4.78, 5) is 0. The van der Waals surface area contributed by atoms with Crippen LogP contribution in [0.1, 0.15) is 0 Å². The molecule has 0 aliphatic heterocycles. The molecule has 1 unspecified atom stereocenters. The first kappa shape index (κ1) is 13.2. The maximum absolute atomic E-state index is 9.76. The number of halogens is 1. The van der Waals surface area contributed by atoms with Crippen LogP contribution in [-0.4, -0.2) is 24.4 Å². The van der Waals surface area contributed by atoms with Crippen LogP contribution >= 0.6 is 22.9 Å². The minimum Gasteiger partial charge on any atom is -0.491 e. The van der Waals surface area contributed by atoms with Gasteiger partial charge in [0.2, 0.25) is 0 Å². The van der Waals surface area contributed by atoms with Crippen molar-refractivity contribution >= 4 is 28.6 Å². The topological polar surface area (TPSA) is 41.5 Å². The molecular weight excluding hydrogens is 270 g/mol. The SMILES string of the molecule is OC(CNc1ccsc1)COc1cccc(Cl)c1. The molecule has 2 N–H and O–H groups in total. The van der Waals surface area contributed by atoms with Crippen LogP contribution in [0.4, 0.5) is 5.69 Å². The van der Waals surface area contributed by atoms with Gasteiger partial charge in [0.25, 0.3) is 0 Å². The van der Waals surface area contributed by atoms with E-state index in [9.17, 15) is 5.11 Å². The lowest BCUT2D eigenvalue weighted by atomic mass is 10.3. The molecule has 0 aliphatic rings. The monoisotopic (exact) mass is 283 g/mol. The predicted molar refractivity (Wildman–Crippen MR) is 75.8 cm³/mol. The Morgan fingerprint density at radius 1 is 1.39 bits per heavy atom. The van der Waals surface area contributed by atoms with Crippen molar-refractivity contribution in [3.63, 3.8) is 0 Å². The van der Waals surface area contributed by atoms with E-state index in [4.69, 9.17) is 16.3 Å². The molecule has 0 saturated carbocycles. The summed E-state index contributed by atoms with van der Waals surface area (Å²) in [5, 5.41) is 17.5. The Hall–Kier alpha value is -1.23. The number of thiophene rings is 1. The van der Waals surface area contributed by atoms with Gasteiger partial charge in [-0.3, -0.25) is 0 Å². The third-order valence-electron chi connectivity index (χ3n) is 2.30. The molecule has 1 atom stereocenters. The van der Waals surface area contributed by atoms with Crippen LogP contribution in [0, 0.1) is 0 Å². The summed E-state index contributed by atoms with van der Waals surface area (Å²) < 4.78 is 5.45. The molecule has 0 bridgehead atoms. The molecule has 18 heavy (non-hydrogen) atoms. The van der Waals surface area contributed by atoms with Crippen molar-refractivity contribution in [2.24, 2.45) is 0 Å². The normalized spacial score (nSPS) is 12.1. The lowest BCUT2D eigenvalue weighted by Gasteiger charge is -2.13. The second kappa shape index (κ2) is 6.64. The third-order valence-corrected chi connectivity index (χ3v) is 3.22. The molecule has 0 spiro atoms. The lowest BCUT2D eigenvalue weighted by Crippen LogP contribution is -2.26. The van der Waals surface area contributed by atoms with Gasteiger partial charge in [-0.25, -0.2) is 0 Å². The Morgan fingerprint density at radius 2 is 2.28 bits per heavy atom. The van der Waals surface area contributed by atoms with Gasteiger partial charge in [0.1, 0.15) is 18.5 Å². The number of aliphatic hydroxyl groups is 1. The minimum absolute atomic E-state index is 0.234. The molecule has 1 heterocycles. The Balaban J connectivity index is 1.73. The Kier molecular flexibility index (Phi) is 4.87. The minimum atomic E-state index is -0.566. The number of nitrogens with one attached hydrogen (secondary N) is 1. The van der Waals surface area contributed by atoms with E-state index < -0.39 is 6.10 Å². The number of rotatable bonds is 6. The molecule has 5 heteroatoms. The van der Waals surface area contributed by atoms with Gasteiger partial charge in [-0.1, -0.05) is 17.7 Å². The molecule has 0 saturated heterocycles. The zero-order valence-corrected chi connectivity index (χ0v) is 11.2. The van der Waals surface area contributed by atoms with E-state index in [0.29, 0.717) is 17.3 Å². The van der Waals surface area contributed by atoms with Gasteiger partial charge < -0.3 is 15.2 Å². The molecule has 1 aromatic carbocycles. The fourth-order valence-electron chi connectivity index (χ4n) is 1.41. The van der Waals surface area contributed by atoms with Crippen molar-refractivity contribution in [1.82, 2.24) is 0 Å². The molecule has 0 aliphatic carbocycles.